The first-order valence-electron chi connectivity index (χ1n) is 5.16. The number of anilines is 1. The molecule has 8 heteroatoms. The van der Waals surface area contributed by atoms with Crippen LogP contribution in [0.25, 0.3) is 0 Å². The Bertz CT molecular complexity index is 463. The van der Waals surface area contributed by atoms with Crippen LogP contribution in [0.3, 0.4) is 0 Å². The van der Waals surface area contributed by atoms with Crippen LogP contribution in [-0.4, -0.2) is 44.6 Å². The van der Waals surface area contributed by atoms with E-state index in [1.807, 2.05) is 0 Å². The summed E-state index contributed by atoms with van der Waals surface area (Å²) in [5.41, 5.74) is 8.53. The van der Waals surface area contributed by atoms with Gasteiger partial charge in [0, 0.05) is 6.20 Å². The average molecular weight is 243 g/mol. The third-order valence-electron chi connectivity index (χ3n) is 2.81. The van der Waals surface area contributed by atoms with Gasteiger partial charge in [-0.25, -0.2) is 4.79 Å². The zero-order valence-electron chi connectivity index (χ0n) is 9.06. The number of aliphatic hydroxyl groups is 2. The van der Waals surface area contributed by atoms with Crippen LogP contribution in [0.2, 0.25) is 0 Å². The van der Waals surface area contributed by atoms with E-state index in [1.165, 1.54) is 16.8 Å². The van der Waals surface area contributed by atoms with E-state index in [0.29, 0.717) is 0 Å². The summed E-state index contributed by atoms with van der Waals surface area (Å²) in [7, 11) is 0. The van der Waals surface area contributed by atoms with Crippen molar-refractivity contribution in [1.29, 1.82) is 0 Å². The molecule has 0 aromatic carbocycles. The molecule has 2 rings (SSSR count). The average Bonchev–Trinajstić information content (AvgIpc) is 2.57. The molecule has 0 saturated carbocycles. The quantitative estimate of drug-likeness (QED) is 0.429. The van der Waals surface area contributed by atoms with Crippen LogP contribution in [0.1, 0.15) is 6.23 Å². The van der Waals surface area contributed by atoms with E-state index in [1.54, 1.807) is 0 Å². The lowest BCUT2D eigenvalue weighted by atomic mass is 10.1. The molecule has 17 heavy (non-hydrogen) atoms. The third-order valence-corrected chi connectivity index (χ3v) is 2.81. The molecule has 2 heterocycles. The number of hydrogen-bond acceptors (Lipinski definition) is 6. The van der Waals surface area contributed by atoms with Crippen LogP contribution < -0.4 is 17.2 Å². The lowest BCUT2D eigenvalue weighted by Gasteiger charge is -2.15. The molecular weight excluding hydrogens is 228 g/mol. The summed E-state index contributed by atoms with van der Waals surface area (Å²) in [5, 5.41) is 18.7. The van der Waals surface area contributed by atoms with Crippen molar-refractivity contribution in [3.05, 3.63) is 22.7 Å². The molecule has 1 aromatic rings. The first-order valence-corrected chi connectivity index (χ1v) is 5.16. The Kier molecular flexibility index (Phi) is 3.11. The van der Waals surface area contributed by atoms with Crippen molar-refractivity contribution in [2.75, 3.05) is 12.3 Å². The van der Waals surface area contributed by atoms with Gasteiger partial charge in [0.15, 0.2) is 12.3 Å². The highest BCUT2D eigenvalue weighted by molar-refractivity contribution is 5.23. The highest BCUT2D eigenvalue weighted by Gasteiger charge is 2.45. The lowest BCUT2D eigenvalue weighted by Crippen LogP contribution is -2.68. The van der Waals surface area contributed by atoms with E-state index >= 15 is 0 Å². The molecule has 0 spiro atoms. The van der Waals surface area contributed by atoms with Crippen molar-refractivity contribution >= 4 is 5.82 Å². The molecule has 1 fully saturated rings. The number of nitrogens with zero attached hydrogens (tertiary/aromatic N) is 2. The van der Waals surface area contributed by atoms with Crippen LogP contribution >= 0.6 is 0 Å². The van der Waals surface area contributed by atoms with Gasteiger partial charge in [0.25, 0.3) is 0 Å². The highest BCUT2D eigenvalue weighted by Crippen LogP contribution is 2.25. The van der Waals surface area contributed by atoms with Crippen molar-refractivity contribution < 1.29 is 20.7 Å². The second kappa shape index (κ2) is 4.41. The van der Waals surface area contributed by atoms with Crippen LogP contribution in [0.4, 0.5) is 5.82 Å². The third kappa shape index (κ3) is 2.03. The largest absolute Gasteiger partial charge is 0.394 e. The summed E-state index contributed by atoms with van der Waals surface area (Å²) in [6.45, 7) is -0.333. The minimum Gasteiger partial charge on any atom is -0.394 e. The van der Waals surface area contributed by atoms with E-state index < -0.39 is 30.2 Å². The normalized spacial score (nSPS) is 32.9. The number of hydrogen-bond donors (Lipinski definition) is 4. The summed E-state index contributed by atoms with van der Waals surface area (Å²) < 4.78 is 6.56. The maximum atomic E-state index is 11.6. The molecule has 7 N–H and O–H groups in total. The number of nitrogen functional groups attached to an aromatic ring is 1. The Hall–Kier alpha value is -1.48. The number of aliphatic hydroxyl groups excluding tert-OH is 2. The standard InChI is InChI=1S/C9H14N4O4/c10-5-1-2-13(9(16)12-5)8-6(11)7(15)4(3-14)17-8/h1-2,4,6-8,14-15H,3,11H2,(H2,10,12,16)/p+1. The van der Waals surface area contributed by atoms with Gasteiger partial charge in [0.2, 0.25) is 0 Å². The maximum absolute atomic E-state index is 11.6. The highest BCUT2D eigenvalue weighted by atomic mass is 16.5. The fourth-order valence-electron chi connectivity index (χ4n) is 1.85. The number of quaternary nitrogens is 1. The predicted molar refractivity (Wildman–Crippen MR) is 56.6 cm³/mol. The Balaban J connectivity index is 2.32. The number of ether oxygens (including phenoxy) is 1. The second-order valence-electron chi connectivity index (χ2n) is 3.94. The van der Waals surface area contributed by atoms with Crippen LogP contribution in [0, 0.1) is 0 Å². The molecule has 0 aliphatic carbocycles. The molecule has 1 aliphatic heterocycles. The van der Waals surface area contributed by atoms with Crippen molar-refractivity contribution in [1.82, 2.24) is 9.55 Å². The monoisotopic (exact) mass is 243 g/mol. The molecule has 1 aliphatic rings. The maximum Gasteiger partial charge on any atom is 0.351 e. The molecule has 4 atom stereocenters. The van der Waals surface area contributed by atoms with E-state index in [-0.39, 0.29) is 12.4 Å². The van der Waals surface area contributed by atoms with Crippen LogP contribution in [0.15, 0.2) is 17.1 Å². The van der Waals surface area contributed by atoms with Crippen LogP contribution in [0.5, 0.6) is 0 Å². The molecule has 0 radical (unpaired) electrons. The summed E-state index contributed by atoms with van der Waals surface area (Å²) in [5.74, 6) is 0.115. The Morgan fingerprint density at radius 2 is 2.35 bits per heavy atom. The minimum atomic E-state index is -0.922. The van der Waals surface area contributed by atoms with Gasteiger partial charge in [-0.15, -0.1) is 0 Å². The van der Waals surface area contributed by atoms with Gasteiger partial charge in [-0.2, -0.15) is 4.98 Å². The van der Waals surface area contributed by atoms with E-state index in [4.69, 9.17) is 15.6 Å². The zero-order chi connectivity index (χ0) is 12.6. The Morgan fingerprint density at radius 1 is 1.65 bits per heavy atom. The molecular formula is C9H15N4O4+. The molecule has 1 aromatic heterocycles. The first kappa shape index (κ1) is 12.0. The number of aromatic nitrogens is 2. The van der Waals surface area contributed by atoms with Crippen molar-refractivity contribution in [2.45, 2.75) is 24.5 Å². The van der Waals surface area contributed by atoms with Gasteiger partial charge < -0.3 is 26.4 Å². The predicted octanol–water partition coefficient (Wildman–Crippen LogP) is -3.31. The Labute approximate surface area is 96.4 Å². The summed E-state index contributed by atoms with van der Waals surface area (Å²) in [6.07, 6.45) is -0.982. The summed E-state index contributed by atoms with van der Waals surface area (Å²) >= 11 is 0. The van der Waals surface area contributed by atoms with Gasteiger partial charge in [-0.3, -0.25) is 4.57 Å². The summed E-state index contributed by atoms with van der Waals surface area (Å²) in [6, 6.07) is 0.895. The minimum absolute atomic E-state index is 0.115. The van der Waals surface area contributed by atoms with Crippen LogP contribution in [-0.2, 0) is 4.74 Å². The smallest absolute Gasteiger partial charge is 0.351 e. The second-order valence-corrected chi connectivity index (χ2v) is 3.94. The molecule has 0 bridgehead atoms. The van der Waals surface area contributed by atoms with E-state index in [2.05, 4.69) is 10.7 Å². The van der Waals surface area contributed by atoms with Gasteiger partial charge in [0.05, 0.1) is 6.61 Å². The van der Waals surface area contributed by atoms with Gasteiger partial charge in [-0.05, 0) is 6.07 Å². The molecule has 0 amide bonds. The first-order chi connectivity index (χ1) is 8.04. The van der Waals surface area contributed by atoms with Crippen molar-refractivity contribution in [3.63, 3.8) is 0 Å². The zero-order valence-corrected chi connectivity index (χ0v) is 9.06. The van der Waals surface area contributed by atoms with Gasteiger partial charge >= 0.3 is 5.69 Å². The van der Waals surface area contributed by atoms with Gasteiger partial charge in [0.1, 0.15) is 18.0 Å². The van der Waals surface area contributed by atoms with E-state index in [9.17, 15) is 9.90 Å². The summed E-state index contributed by atoms with van der Waals surface area (Å²) in [4.78, 5) is 15.2. The SMILES string of the molecule is Nc1ccn(C2OC(CO)C(O)C2[NH3+])c(=O)n1. The molecule has 8 nitrogen and oxygen atoms in total. The molecule has 4 unspecified atom stereocenters. The fourth-order valence-corrected chi connectivity index (χ4v) is 1.85. The number of rotatable bonds is 2. The Morgan fingerprint density at radius 3 is 2.88 bits per heavy atom. The topological polar surface area (TPSA) is 138 Å². The molecule has 1 saturated heterocycles. The van der Waals surface area contributed by atoms with E-state index in [0.717, 1.165) is 0 Å². The van der Waals surface area contributed by atoms with Gasteiger partial charge in [-0.1, -0.05) is 0 Å². The van der Waals surface area contributed by atoms with Crippen molar-refractivity contribution in [3.8, 4) is 0 Å². The molecule has 94 valence electrons. The van der Waals surface area contributed by atoms with Crippen molar-refractivity contribution in [2.24, 2.45) is 0 Å². The number of nitrogens with two attached hydrogens (primary N) is 1. The fraction of sp³-hybridized carbons (Fsp3) is 0.556. The lowest BCUT2D eigenvalue weighted by molar-refractivity contribution is -0.447.